The lowest BCUT2D eigenvalue weighted by molar-refractivity contribution is -0.137. The number of alkyl halides is 3. The lowest BCUT2D eigenvalue weighted by Crippen LogP contribution is -2.56. The highest BCUT2D eigenvalue weighted by atomic mass is 79.9. The van der Waals surface area contributed by atoms with E-state index in [9.17, 15) is 27.6 Å². The molecule has 10 nitrogen and oxygen atoms in total. The van der Waals surface area contributed by atoms with Crippen LogP contribution < -0.4 is 16.7 Å². The third kappa shape index (κ3) is 9.02. The van der Waals surface area contributed by atoms with Crippen molar-refractivity contribution in [2.24, 2.45) is 0 Å². The Hall–Kier alpha value is -3.30. The highest BCUT2D eigenvalue weighted by Gasteiger charge is 2.34. The number of nitrogens with two attached hydrogens (primary N) is 1. The molecule has 0 spiro atoms. The Kier molecular flexibility index (Phi) is 11.9. The second-order valence-corrected chi connectivity index (χ2v) is 15.6. The number of anilines is 1. The first-order valence-corrected chi connectivity index (χ1v) is 19.3. The second-order valence-electron chi connectivity index (χ2n) is 13.9. The maximum Gasteiger partial charge on any atom is 0.416 e. The average Bonchev–Trinajstić information content (AvgIpc) is 3.30. The van der Waals surface area contributed by atoms with Crippen LogP contribution in [0.4, 0.5) is 23.7 Å². The number of hydrogen-bond donors (Lipinski definition) is 3. The number of piperidine rings is 2. The molecule has 3 aliphatic rings. The van der Waals surface area contributed by atoms with Crippen LogP contribution in [0.5, 0.6) is 0 Å². The van der Waals surface area contributed by atoms with Crippen molar-refractivity contribution >= 4 is 49.5 Å². The van der Waals surface area contributed by atoms with E-state index in [1.807, 2.05) is 17.0 Å². The minimum absolute atomic E-state index is 0.113. The number of carbonyl (C=O) groups is 2. The zero-order chi connectivity index (χ0) is 36.3. The van der Waals surface area contributed by atoms with Crippen LogP contribution in [0.1, 0.15) is 68.5 Å². The summed E-state index contributed by atoms with van der Waals surface area (Å²) in [7, 11) is 0. The Bertz CT molecular complexity index is 1730. The number of urea groups is 1. The maximum atomic E-state index is 14.1. The molecule has 2 aromatic carbocycles. The Morgan fingerprint density at radius 3 is 2.12 bits per heavy atom. The summed E-state index contributed by atoms with van der Waals surface area (Å²) in [5.41, 5.74) is 6.85. The van der Waals surface area contributed by atoms with E-state index in [4.69, 9.17) is 5.73 Å². The van der Waals surface area contributed by atoms with Gasteiger partial charge in [-0.15, -0.1) is 0 Å². The third-order valence-corrected chi connectivity index (χ3v) is 11.8. The Morgan fingerprint density at radius 2 is 1.49 bits per heavy atom. The molecule has 0 bridgehead atoms. The van der Waals surface area contributed by atoms with Gasteiger partial charge in [-0.25, -0.2) is 9.59 Å². The van der Waals surface area contributed by atoms with E-state index in [1.54, 1.807) is 11.1 Å². The lowest BCUT2D eigenvalue weighted by atomic mass is 9.99. The number of benzene rings is 2. The number of carbonyl (C=O) groups excluding carboxylic acids is 2. The molecule has 6 rings (SSSR count). The summed E-state index contributed by atoms with van der Waals surface area (Å²) in [5.74, 6) is -0.113. The summed E-state index contributed by atoms with van der Waals surface area (Å²) in [6.45, 7) is 4.19. The SMILES string of the molecule is Nc1c(Br)cc(C[C@H](NC(=O)N2CCC(n3cc(-c4cccc(C(F)(F)F)c4)[nH]c3=O)CC2)C(=O)N2CCC(N3CCCCCC3)CC2)cc1Br. The van der Waals surface area contributed by atoms with Gasteiger partial charge in [0.05, 0.1) is 16.9 Å². The van der Waals surface area contributed by atoms with Crippen molar-refractivity contribution in [1.82, 2.24) is 29.6 Å². The molecule has 3 saturated heterocycles. The molecule has 0 saturated carbocycles. The zero-order valence-corrected chi connectivity index (χ0v) is 31.5. The molecule has 0 aliphatic carbocycles. The van der Waals surface area contributed by atoms with Gasteiger partial charge in [-0.3, -0.25) is 9.36 Å². The topological polar surface area (TPSA) is 120 Å². The Labute approximate surface area is 312 Å². The maximum absolute atomic E-state index is 14.1. The van der Waals surface area contributed by atoms with Gasteiger partial charge in [0.25, 0.3) is 0 Å². The molecule has 15 heteroatoms. The smallest absolute Gasteiger partial charge is 0.397 e. The fraction of sp³-hybridized carbons (Fsp3) is 0.528. The highest BCUT2D eigenvalue weighted by molar-refractivity contribution is 9.11. The molecule has 276 valence electrons. The molecular weight excluding hydrogens is 795 g/mol. The van der Waals surface area contributed by atoms with Crippen molar-refractivity contribution in [3.05, 3.63) is 73.2 Å². The first kappa shape index (κ1) is 37.5. The number of halogens is 5. The van der Waals surface area contributed by atoms with E-state index in [1.165, 1.54) is 42.4 Å². The molecule has 4 heterocycles. The predicted molar refractivity (Wildman–Crippen MR) is 197 cm³/mol. The van der Waals surface area contributed by atoms with Gasteiger partial charge in [0.15, 0.2) is 0 Å². The van der Waals surface area contributed by atoms with Crippen molar-refractivity contribution in [3.8, 4) is 11.3 Å². The van der Waals surface area contributed by atoms with Gasteiger partial charge in [-0.05, 0) is 113 Å². The molecular formula is C36H44Br2F3N7O3. The fourth-order valence-corrected chi connectivity index (χ4v) is 8.88. The molecule has 3 aliphatic heterocycles. The number of amides is 3. The molecule has 3 aromatic rings. The molecule has 0 unspecified atom stereocenters. The summed E-state index contributed by atoms with van der Waals surface area (Å²) >= 11 is 6.99. The van der Waals surface area contributed by atoms with Gasteiger partial charge in [-0.1, -0.05) is 25.0 Å². The van der Waals surface area contributed by atoms with Crippen LogP contribution >= 0.6 is 31.9 Å². The van der Waals surface area contributed by atoms with Crippen LogP contribution in [-0.2, 0) is 17.4 Å². The number of hydrogen-bond acceptors (Lipinski definition) is 5. The standard InChI is InChI=1S/C36H44Br2F3N7O3/c37-28-18-23(19-29(38)32(28)42)20-30(33(49)46-14-8-26(9-15-46)45-12-3-1-2-4-13-45)43-34(50)47-16-10-27(11-17-47)48-22-31(44-35(48)51)24-6-5-7-25(21-24)36(39,40)41/h5-7,18-19,21-22,26-27,30H,1-4,8-17,20,42H2,(H,43,50)(H,44,51)/t30-/m0/s1. The summed E-state index contributed by atoms with van der Waals surface area (Å²) in [5, 5.41) is 3.03. The van der Waals surface area contributed by atoms with Crippen molar-refractivity contribution < 1.29 is 22.8 Å². The lowest BCUT2D eigenvalue weighted by Gasteiger charge is -2.39. The van der Waals surface area contributed by atoms with E-state index >= 15 is 0 Å². The van der Waals surface area contributed by atoms with Crippen LogP contribution in [0.3, 0.4) is 0 Å². The fourth-order valence-electron chi connectivity index (χ4n) is 7.60. The number of rotatable bonds is 7. The van der Waals surface area contributed by atoms with E-state index < -0.39 is 23.5 Å². The number of aromatic nitrogens is 2. The van der Waals surface area contributed by atoms with E-state index in [2.05, 4.69) is 47.1 Å². The molecule has 51 heavy (non-hydrogen) atoms. The van der Waals surface area contributed by atoms with Crippen LogP contribution in [0, 0.1) is 0 Å². The number of imidazole rings is 1. The molecule has 0 radical (unpaired) electrons. The molecule has 1 aromatic heterocycles. The molecule has 1 atom stereocenters. The largest absolute Gasteiger partial charge is 0.416 e. The monoisotopic (exact) mass is 837 g/mol. The van der Waals surface area contributed by atoms with Crippen LogP contribution in [-0.4, -0.2) is 87.5 Å². The summed E-state index contributed by atoms with van der Waals surface area (Å²) in [4.78, 5) is 49.5. The number of nitrogens with zero attached hydrogens (tertiary/aromatic N) is 4. The quantitative estimate of drug-likeness (QED) is 0.227. The van der Waals surface area contributed by atoms with Crippen molar-refractivity contribution in [2.75, 3.05) is 45.0 Å². The summed E-state index contributed by atoms with van der Waals surface area (Å²) in [6.07, 6.45) is 5.08. The average molecular weight is 840 g/mol. The van der Waals surface area contributed by atoms with Crippen LogP contribution in [0.25, 0.3) is 11.3 Å². The van der Waals surface area contributed by atoms with Crippen molar-refractivity contribution in [3.63, 3.8) is 0 Å². The van der Waals surface area contributed by atoms with Crippen molar-refractivity contribution in [1.29, 1.82) is 0 Å². The number of likely N-dealkylation sites (tertiary alicyclic amines) is 3. The van der Waals surface area contributed by atoms with E-state index in [0.717, 1.165) is 43.6 Å². The first-order chi connectivity index (χ1) is 24.4. The zero-order valence-electron chi connectivity index (χ0n) is 28.4. The Morgan fingerprint density at radius 1 is 0.882 bits per heavy atom. The predicted octanol–water partition coefficient (Wildman–Crippen LogP) is 6.79. The van der Waals surface area contributed by atoms with Gasteiger partial charge < -0.3 is 30.7 Å². The summed E-state index contributed by atoms with van der Waals surface area (Å²) < 4.78 is 42.7. The normalized spacial score (nSPS) is 19.2. The van der Waals surface area contributed by atoms with Gasteiger partial charge in [-0.2, -0.15) is 13.2 Å². The molecule has 3 fully saturated rings. The second kappa shape index (κ2) is 16.2. The Balaban J connectivity index is 1.11. The van der Waals surface area contributed by atoms with Crippen LogP contribution in [0.2, 0.25) is 0 Å². The van der Waals surface area contributed by atoms with Gasteiger partial charge in [0.2, 0.25) is 5.91 Å². The number of nitrogens with one attached hydrogen (secondary N) is 2. The molecule has 4 N–H and O–H groups in total. The number of H-pyrrole nitrogens is 1. The van der Waals surface area contributed by atoms with Crippen LogP contribution in [0.15, 0.2) is 56.3 Å². The minimum atomic E-state index is -4.50. The number of aromatic amines is 1. The highest BCUT2D eigenvalue weighted by Crippen LogP contribution is 2.33. The number of nitrogen functional groups attached to an aromatic ring is 1. The third-order valence-electron chi connectivity index (χ3n) is 10.5. The van der Waals surface area contributed by atoms with Gasteiger partial charge >= 0.3 is 17.9 Å². The van der Waals surface area contributed by atoms with E-state index in [0.29, 0.717) is 65.4 Å². The minimum Gasteiger partial charge on any atom is -0.397 e. The van der Waals surface area contributed by atoms with Gasteiger partial charge in [0.1, 0.15) is 6.04 Å². The first-order valence-electron chi connectivity index (χ1n) is 17.7. The molecule has 3 amide bonds. The summed E-state index contributed by atoms with van der Waals surface area (Å²) in [6, 6.07) is 7.65. The van der Waals surface area contributed by atoms with Gasteiger partial charge in [0, 0.05) is 65.4 Å². The van der Waals surface area contributed by atoms with Crippen molar-refractivity contribution in [2.45, 2.75) is 82.1 Å². The van der Waals surface area contributed by atoms with E-state index in [-0.39, 0.29) is 30.0 Å².